The van der Waals surface area contributed by atoms with Crippen molar-refractivity contribution in [2.45, 2.75) is 58.7 Å². The zero-order valence-electron chi connectivity index (χ0n) is 12.4. The van der Waals surface area contributed by atoms with Crippen molar-refractivity contribution < 1.29 is 0 Å². The average molecular weight is 246 g/mol. The number of rotatable bonds is 2. The van der Waals surface area contributed by atoms with Gasteiger partial charge in [0.25, 0.3) is 0 Å². The van der Waals surface area contributed by atoms with Crippen LogP contribution in [0.3, 0.4) is 0 Å². The highest BCUT2D eigenvalue weighted by Gasteiger charge is 2.25. The maximum absolute atomic E-state index is 6.11. The van der Waals surface area contributed by atoms with Crippen LogP contribution >= 0.6 is 0 Å². The quantitative estimate of drug-likeness (QED) is 0.869. The van der Waals surface area contributed by atoms with Gasteiger partial charge in [0.1, 0.15) is 0 Å². The Hall–Kier alpha value is -0.860. The van der Waals surface area contributed by atoms with Crippen LogP contribution in [0.15, 0.2) is 18.2 Å². The minimum atomic E-state index is -0.116. The van der Waals surface area contributed by atoms with Crippen LogP contribution in [-0.4, -0.2) is 17.0 Å². The van der Waals surface area contributed by atoms with Crippen molar-refractivity contribution in [3.05, 3.63) is 34.9 Å². The highest BCUT2D eigenvalue weighted by molar-refractivity contribution is 5.37. The molecule has 18 heavy (non-hydrogen) atoms. The van der Waals surface area contributed by atoms with Crippen molar-refractivity contribution >= 4 is 0 Å². The van der Waals surface area contributed by atoms with Gasteiger partial charge in [0, 0.05) is 25.2 Å². The summed E-state index contributed by atoms with van der Waals surface area (Å²) in [5.74, 6) is 0. The summed E-state index contributed by atoms with van der Waals surface area (Å²) in [6.45, 7) is 14.0. The van der Waals surface area contributed by atoms with E-state index in [9.17, 15) is 0 Å². The van der Waals surface area contributed by atoms with Gasteiger partial charge in [-0.25, -0.2) is 0 Å². The number of nitrogens with zero attached hydrogens (tertiary/aromatic N) is 1. The fourth-order valence-electron chi connectivity index (χ4n) is 2.62. The number of benzene rings is 1. The zero-order chi connectivity index (χ0) is 13.6. The first-order valence-electron chi connectivity index (χ1n) is 6.79. The Morgan fingerprint density at radius 1 is 1.06 bits per heavy atom. The Bertz CT molecular complexity index is 435. The highest BCUT2D eigenvalue weighted by Crippen LogP contribution is 2.29. The molecule has 0 radical (unpaired) electrons. The van der Waals surface area contributed by atoms with Gasteiger partial charge in [0.15, 0.2) is 0 Å². The Labute approximate surface area is 111 Å². The van der Waals surface area contributed by atoms with Gasteiger partial charge in [-0.15, -0.1) is 0 Å². The van der Waals surface area contributed by atoms with Crippen molar-refractivity contribution in [2.24, 2.45) is 5.73 Å². The van der Waals surface area contributed by atoms with Crippen molar-refractivity contribution in [1.82, 2.24) is 4.90 Å². The Kier molecular flexibility index (Phi) is 3.28. The second kappa shape index (κ2) is 4.36. The van der Waals surface area contributed by atoms with Crippen LogP contribution in [0.5, 0.6) is 0 Å². The van der Waals surface area contributed by atoms with Gasteiger partial charge in [-0.05, 0) is 36.0 Å². The molecule has 1 aromatic rings. The van der Waals surface area contributed by atoms with Gasteiger partial charge in [0.05, 0.1) is 0 Å². The third-order valence-electron chi connectivity index (χ3n) is 3.49. The van der Waals surface area contributed by atoms with E-state index >= 15 is 0 Å². The fourth-order valence-corrected chi connectivity index (χ4v) is 2.62. The average Bonchev–Trinajstić information content (AvgIpc) is 2.53. The van der Waals surface area contributed by atoms with Crippen LogP contribution in [0.4, 0.5) is 0 Å². The van der Waals surface area contributed by atoms with Gasteiger partial charge in [-0.2, -0.15) is 0 Å². The number of nitrogens with two attached hydrogens (primary N) is 1. The summed E-state index contributed by atoms with van der Waals surface area (Å²) in [7, 11) is 0. The minimum absolute atomic E-state index is 0.116. The predicted octanol–water partition coefficient (Wildman–Crippen LogP) is 3.04. The lowest BCUT2D eigenvalue weighted by molar-refractivity contribution is 0.230. The molecule has 0 amide bonds. The molecular weight excluding hydrogens is 220 g/mol. The second-order valence-electron chi connectivity index (χ2n) is 7.37. The first-order chi connectivity index (χ1) is 8.15. The minimum Gasteiger partial charge on any atom is -0.324 e. The molecule has 0 saturated carbocycles. The van der Waals surface area contributed by atoms with E-state index < -0.39 is 0 Å². The molecule has 2 nitrogen and oxygen atoms in total. The van der Waals surface area contributed by atoms with Crippen LogP contribution in [0.1, 0.15) is 51.3 Å². The lowest BCUT2D eigenvalue weighted by Crippen LogP contribution is -2.43. The zero-order valence-corrected chi connectivity index (χ0v) is 12.4. The fraction of sp³-hybridized carbons (Fsp3) is 0.625. The molecule has 0 aromatic heterocycles. The molecule has 1 heterocycles. The largest absolute Gasteiger partial charge is 0.324 e. The lowest BCUT2D eigenvalue weighted by Gasteiger charge is -2.25. The Balaban J connectivity index is 2.16. The van der Waals surface area contributed by atoms with E-state index in [1.807, 2.05) is 0 Å². The molecule has 0 atom stereocenters. The molecule has 0 saturated heterocycles. The summed E-state index contributed by atoms with van der Waals surface area (Å²) in [6, 6.07) is 6.94. The van der Waals surface area contributed by atoms with Crippen LogP contribution in [0.25, 0.3) is 0 Å². The maximum Gasteiger partial charge on any atom is 0.0241 e. The molecule has 2 heteroatoms. The molecular formula is C16H26N2. The standard InChI is InChI=1S/C16H26N2/c1-15(2,3)14-7-6-12-9-18(10-13(12)8-14)11-16(4,5)17/h6-8H,9-11,17H2,1-5H3. The van der Waals surface area contributed by atoms with E-state index in [-0.39, 0.29) is 11.0 Å². The molecule has 0 aliphatic carbocycles. The summed E-state index contributed by atoms with van der Waals surface area (Å²) in [5, 5.41) is 0. The van der Waals surface area contributed by atoms with Crippen LogP contribution in [0, 0.1) is 0 Å². The van der Waals surface area contributed by atoms with E-state index in [0.717, 1.165) is 19.6 Å². The molecule has 1 aliphatic heterocycles. The van der Waals surface area contributed by atoms with Crippen molar-refractivity contribution in [2.75, 3.05) is 6.54 Å². The summed E-state index contributed by atoms with van der Waals surface area (Å²) >= 11 is 0. The summed E-state index contributed by atoms with van der Waals surface area (Å²) in [6.07, 6.45) is 0. The first kappa shape index (κ1) is 13.6. The van der Waals surface area contributed by atoms with E-state index in [1.165, 1.54) is 16.7 Å². The third-order valence-corrected chi connectivity index (χ3v) is 3.49. The number of hydrogen-bond acceptors (Lipinski definition) is 2. The SMILES string of the molecule is CC(C)(N)CN1Cc2ccc(C(C)(C)C)cc2C1. The number of hydrogen-bond donors (Lipinski definition) is 1. The van der Waals surface area contributed by atoms with Crippen LogP contribution in [0.2, 0.25) is 0 Å². The molecule has 0 fully saturated rings. The van der Waals surface area contributed by atoms with Gasteiger partial charge >= 0.3 is 0 Å². The van der Waals surface area contributed by atoms with E-state index in [4.69, 9.17) is 5.73 Å². The Morgan fingerprint density at radius 2 is 1.67 bits per heavy atom. The monoisotopic (exact) mass is 246 g/mol. The van der Waals surface area contributed by atoms with Gasteiger partial charge in [-0.1, -0.05) is 39.0 Å². The summed E-state index contributed by atoms with van der Waals surface area (Å²) in [4.78, 5) is 2.44. The normalized spacial score (nSPS) is 17.0. The molecule has 1 aliphatic rings. The Morgan fingerprint density at radius 3 is 2.22 bits per heavy atom. The topological polar surface area (TPSA) is 29.3 Å². The molecule has 1 aromatic carbocycles. The molecule has 2 rings (SSSR count). The molecule has 0 spiro atoms. The maximum atomic E-state index is 6.11. The number of fused-ring (bicyclic) bond motifs is 1. The van der Waals surface area contributed by atoms with Crippen molar-refractivity contribution in [1.29, 1.82) is 0 Å². The van der Waals surface area contributed by atoms with Crippen LogP contribution in [-0.2, 0) is 18.5 Å². The van der Waals surface area contributed by atoms with Crippen LogP contribution < -0.4 is 5.73 Å². The summed E-state index contributed by atoms with van der Waals surface area (Å²) in [5.41, 5.74) is 10.6. The third kappa shape index (κ3) is 3.12. The highest BCUT2D eigenvalue weighted by atomic mass is 15.2. The van der Waals surface area contributed by atoms with Gasteiger partial charge in [-0.3, -0.25) is 4.90 Å². The smallest absolute Gasteiger partial charge is 0.0241 e. The first-order valence-corrected chi connectivity index (χ1v) is 6.79. The predicted molar refractivity (Wildman–Crippen MR) is 77.5 cm³/mol. The van der Waals surface area contributed by atoms with Gasteiger partial charge < -0.3 is 5.73 Å². The molecule has 0 bridgehead atoms. The lowest BCUT2D eigenvalue weighted by atomic mass is 9.85. The van der Waals surface area contributed by atoms with E-state index in [2.05, 4.69) is 57.7 Å². The van der Waals surface area contributed by atoms with E-state index in [1.54, 1.807) is 0 Å². The van der Waals surface area contributed by atoms with Crippen molar-refractivity contribution in [3.63, 3.8) is 0 Å². The second-order valence-corrected chi connectivity index (χ2v) is 7.37. The molecule has 2 N–H and O–H groups in total. The molecule has 100 valence electrons. The van der Waals surface area contributed by atoms with E-state index in [0.29, 0.717) is 0 Å². The van der Waals surface area contributed by atoms with Crippen molar-refractivity contribution in [3.8, 4) is 0 Å². The summed E-state index contributed by atoms with van der Waals surface area (Å²) < 4.78 is 0. The molecule has 0 unspecified atom stereocenters. The van der Waals surface area contributed by atoms with Gasteiger partial charge in [0.2, 0.25) is 0 Å².